The van der Waals surface area contributed by atoms with Gasteiger partial charge in [-0.2, -0.15) is 0 Å². The molecule has 1 saturated carbocycles. The first-order valence-electron chi connectivity index (χ1n) is 6.14. The summed E-state index contributed by atoms with van der Waals surface area (Å²) in [5.74, 6) is 0. The van der Waals surface area contributed by atoms with Gasteiger partial charge in [-0.25, -0.2) is 5.09 Å². The summed E-state index contributed by atoms with van der Waals surface area (Å²) in [5, 5.41) is 6.55. The summed E-state index contributed by atoms with van der Waals surface area (Å²) >= 11 is 0. The van der Waals surface area contributed by atoms with Crippen molar-refractivity contribution < 1.29 is 9.09 Å². The topological polar surface area (TPSA) is 50.4 Å². The highest BCUT2D eigenvalue weighted by atomic mass is 31.2. The molecule has 16 heavy (non-hydrogen) atoms. The summed E-state index contributed by atoms with van der Waals surface area (Å²) in [6.45, 7) is 3.88. The van der Waals surface area contributed by atoms with Crippen LogP contribution in [-0.2, 0) is 9.09 Å². The van der Waals surface area contributed by atoms with E-state index < -0.39 is 7.52 Å². The van der Waals surface area contributed by atoms with E-state index in [-0.39, 0.29) is 11.7 Å². The van der Waals surface area contributed by atoms with E-state index in [2.05, 4.69) is 10.4 Å². The number of nitrogens with one attached hydrogen (secondary N) is 2. The van der Waals surface area contributed by atoms with Crippen LogP contribution in [0.25, 0.3) is 0 Å². The molecule has 0 saturated heterocycles. The van der Waals surface area contributed by atoms with Crippen molar-refractivity contribution in [2.24, 2.45) is 0 Å². The van der Waals surface area contributed by atoms with Crippen LogP contribution in [0.1, 0.15) is 39.5 Å². The first-order valence-corrected chi connectivity index (χ1v) is 7.83. The normalized spacial score (nSPS) is 30.3. The van der Waals surface area contributed by atoms with Crippen molar-refractivity contribution in [1.82, 2.24) is 10.4 Å². The second kappa shape index (κ2) is 6.15. The Hall–Kier alpha value is 0.110. The van der Waals surface area contributed by atoms with Crippen molar-refractivity contribution in [2.75, 3.05) is 14.2 Å². The fourth-order valence-electron chi connectivity index (χ4n) is 2.27. The largest absolute Gasteiger partial charge is 0.321 e. The van der Waals surface area contributed by atoms with Crippen molar-refractivity contribution in [3.63, 3.8) is 0 Å². The molecule has 4 nitrogen and oxygen atoms in total. The van der Waals surface area contributed by atoms with Crippen molar-refractivity contribution in [3.05, 3.63) is 0 Å². The Morgan fingerprint density at radius 2 is 1.81 bits per heavy atom. The van der Waals surface area contributed by atoms with Gasteiger partial charge in [0.05, 0.1) is 0 Å². The molecule has 0 radical (unpaired) electrons. The monoisotopic (exact) mass is 248 g/mol. The van der Waals surface area contributed by atoms with Gasteiger partial charge in [-0.15, -0.1) is 0 Å². The Labute approximate surface area is 99.0 Å². The molecule has 1 aliphatic rings. The molecule has 96 valence electrons. The minimum absolute atomic E-state index is 0.0249. The molecule has 0 bridgehead atoms. The lowest BCUT2D eigenvalue weighted by atomic mass is 9.91. The number of hydrogen-bond acceptors (Lipinski definition) is 3. The molecule has 0 heterocycles. The summed E-state index contributed by atoms with van der Waals surface area (Å²) in [5.41, 5.74) is 0.0249. The average Bonchev–Trinajstić information content (AvgIpc) is 2.29. The van der Waals surface area contributed by atoms with Gasteiger partial charge >= 0.3 is 0 Å². The zero-order valence-electron chi connectivity index (χ0n) is 10.8. The number of hydrogen-bond donors (Lipinski definition) is 2. The fraction of sp³-hybridized carbons (Fsp3) is 1.00. The lowest BCUT2D eigenvalue weighted by Gasteiger charge is -2.35. The van der Waals surface area contributed by atoms with Crippen LogP contribution in [0.3, 0.4) is 0 Å². The van der Waals surface area contributed by atoms with Crippen LogP contribution in [0.2, 0.25) is 0 Å². The zero-order chi connectivity index (χ0) is 12.2. The summed E-state index contributed by atoms with van der Waals surface area (Å²) < 4.78 is 17.7. The van der Waals surface area contributed by atoms with E-state index in [1.807, 2.05) is 20.9 Å². The second-order valence-corrected chi connectivity index (χ2v) is 7.64. The molecule has 0 aromatic rings. The maximum Gasteiger partial charge on any atom is 0.272 e. The maximum atomic E-state index is 12.5. The first kappa shape index (κ1) is 14.2. The predicted molar refractivity (Wildman–Crippen MR) is 68.0 cm³/mol. The van der Waals surface area contributed by atoms with Crippen LogP contribution in [0.4, 0.5) is 0 Å². The Bertz CT molecular complexity index is 258. The molecule has 0 amide bonds. The van der Waals surface area contributed by atoms with Gasteiger partial charge in [-0.05, 0) is 19.9 Å². The van der Waals surface area contributed by atoms with Crippen LogP contribution in [-0.4, -0.2) is 31.9 Å². The molecule has 1 aliphatic carbocycles. The molecule has 0 aromatic heterocycles. The molecular formula is C11H25N2O2P. The van der Waals surface area contributed by atoms with Crippen LogP contribution in [0.15, 0.2) is 0 Å². The highest BCUT2D eigenvalue weighted by Gasteiger charge is 2.33. The van der Waals surface area contributed by atoms with Gasteiger partial charge in [0, 0.05) is 24.9 Å². The lowest BCUT2D eigenvalue weighted by Crippen LogP contribution is -2.48. The summed E-state index contributed by atoms with van der Waals surface area (Å²) in [4.78, 5) is 0. The average molecular weight is 248 g/mol. The highest BCUT2D eigenvalue weighted by Crippen LogP contribution is 2.48. The molecular weight excluding hydrogens is 223 g/mol. The van der Waals surface area contributed by atoms with Crippen LogP contribution < -0.4 is 10.4 Å². The summed E-state index contributed by atoms with van der Waals surface area (Å²) in [6, 6.07) is 0.683. The number of likely N-dealkylation sites (N-methyl/N-ethyl adjacent to an activating group) is 1. The zero-order valence-corrected chi connectivity index (χ0v) is 11.7. The van der Waals surface area contributed by atoms with Crippen LogP contribution in [0, 0.1) is 0 Å². The van der Waals surface area contributed by atoms with Crippen molar-refractivity contribution >= 4 is 7.52 Å². The molecule has 3 unspecified atom stereocenters. The van der Waals surface area contributed by atoms with Gasteiger partial charge in [0.25, 0.3) is 7.52 Å². The third kappa shape index (κ3) is 3.30. The third-order valence-electron chi connectivity index (χ3n) is 3.43. The molecule has 3 atom stereocenters. The Morgan fingerprint density at radius 3 is 2.25 bits per heavy atom. The fourth-order valence-corrected chi connectivity index (χ4v) is 3.87. The van der Waals surface area contributed by atoms with E-state index in [0.717, 1.165) is 12.8 Å². The second-order valence-electron chi connectivity index (χ2n) is 4.79. The Kier molecular flexibility index (Phi) is 5.45. The molecule has 0 aliphatic heterocycles. The van der Waals surface area contributed by atoms with Gasteiger partial charge in [-0.1, -0.05) is 26.7 Å². The van der Waals surface area contributed by atoms with E-state index >= 15 is 0 Å². The van der Waals surface area contributed by atoms with Gasteiger partial charge < -0.3 is 9.84 Å². The van der Waals surface area contributed by atoms with E-state index in [1.165, 1.54) is 20.0 Å². The van der Waals surface area contributed by atoms with Crippen molar-refractivity contribution in [1.29, 1.82) is 0 Å². The van der Waals surface area contributed by atoms with E-state index in [4.69, 9.17) is 4.52 Å². The third-order valence-corrected chi connectivity index (χ3v) is 6.03. The summed E-state index contributed by atoms with van der Waals surface area (Å²) in [6.07, 6.45) is 4.68. The minimum atomic E-state index is -2.68. The Morgan fingerprint density at radius 1 is 1.25 bits per heavy atom. The Balaban J connectivity index is 2.66. The molecule has 1 rings (SSSR count). The van der Waals surface area contributed by atoms with Gasteiger partial charge in [0.15, 0.2) is 0 Å². The lowest BCUT2D eigenvalue weighted by molar-refractivity contribution is 0.301. The van der Waals surface area contributed by atoms with Crippen LogP contribution in [0.5, 0.6) is 0 Å². The number of rotatable bonds is 5. The molecule has 0 spiro atoms. The maximum absolute atomic E-state index is 12.5. The SMILES string of the molecule is CNC1CCCCC1NP(=O)(OC)C(C)C. The standard InChI is InChI=1S/C11H25N2O2P/c1-9(2)16(14,15-4)13-11-8-6-5-7-10(11)12-3/h9-12H,5-8H2,1-4H3,(H,13,14). The van der Waals surface area contributed by atoms with Gasteiger partial charge in [-0.3, -0.25) is 4.57 Å². The highest BCUT2D eigenvalue weighted by molar-refractivity contribution is 7.57. The van der Waals surface area contributed by atoms with E-state index in [0.29, 0.717) is 6.04 Å². The van der Waals surface area contributed by atoms with E-state index in [1.54, 1.807) is 0 Å². The van der Waals surface area contributed by atoms with Crippen molar-refractivity contribution in [2.45, 2.75) is 57.3 Å². The van der Waals surface area contributed by atoms with Gasteiger partial charge in [0.2, 0.25) is 0 Å². The first-order chi connectivity index (χ1) is 7.53. The summed E-state index contributed by atoms with van der Waals surface area (Å²) in [7, 11) is 0.822. The predicted octanol–water partition coefficient (Wildman–Crippen LogP) is 2.35. The molecule has 5 heteroatoms. The van der Waals surface area contributed by atoms with Crippen LogP contribution >= 0.6 is 7.52 Å². The molecule has 0 aromatic carbocycles. The molecule has 2 N–H and O–H groups in total. The van der Waals surface area contributed by atoms with E-state index in [9.17, 15) is 4.57 Å². The van der Waals surface area contributed by atoms with Gasteiger partial charge in [0.1, 0.15) is 0 Å². The quantitative estimate of drug-likeness (QED) is 0.733. The minimum Gasteiger partial charge on any atom is -0.321 e. The molecule has 1 fully saturated rings. The van der Waals surface area contributed by atoms with Crippen molar-refractivity contribution in [3.8, 4) is 0 Å². The smallest absolute Gasteiger partial charge is 0.272 e.